The third-order valence-corrected chi connectivity index (χ3v) is 5.43. The van der Waals surface area contributed by atoms with Gasteiger partial charge in [0, 0.05) is 18.7 Å². The number of ether oxygens (including phenoxy) is 2. The molecule has 0 saturated carbocycles. The van der Waals surface area contributed by atoms with Crippen molar-refractivity contribution in [3.8, 4) is 5.75 Å². The summed E-state index contributed by atoms with van der Waals surface area (Å²) in [6, 6.07) is 12.1. The molecule has 0 spiro atoms. The van der Waals surface area contributed by atoms with E-state index in [9.17, 15) is 9.59 Å². The molecule has 1 amide bonds. The van der Waals surface area contributed by atoms with Crippen molar-refractivity contribution >= 4 is 38.6 Å². The van der Waals surface area contributed by atoms with E-state index in [0.29, 0.717) is 29.3 Å². The minimum Gasteiger partial charge on any atom is -0.497 e. The van der Waals surface area contributed by atoms with Crippen molar-refractivity contribution in [2.75, 3.05) is 46.3 Å². The molecule has 0 aliphatic carbocycles. The summed E-state index contributed by atoms with van der Waals surface area (Å²) in [6.45, 7) is 1.17. The summed E-state index contributed by atoms with van der Waals surface area (Å²) >= 11 is 1.44. The quantitative estimate of drug-likeness (QED) is 0.554. The SMILES string of the molecule is COC(=O)c1ccc(C(=O)N(CCN(C)C)c2nc3ccc(OC)cc3s2)cc1. The van der Waals surface area contributed by atoms with Crippen LogP contribution in [0.2, 0.25) is 0 Å². The largest absolute Gasteiger partial charge is 0.497 e. The fourth-order valence-corrected chi connectivity index (χ4v) is 3.76. The van der Waals surface area contributed by atoms with Crippen LogP contribution in [0.1, 0.15) is 20.7 Å². The van der Waals surface area contributed by atoms with Gasteiger partial charge in [-0.2, -0.15) is 0 Å². The molecule has 1 aromatic heterocycles. The van der Waals surface area contributed by atoms with Crippen LogP contribution < -0.4 is 9.64 Å². The van der Waals surface area contributed by atoms with E-state index in [1.165, 1.54) is 18.4 Å². The third kappa shape index (κ3) is 4.72. The number of anilines is 1. The van der Waals surface area contributed by atoms with Crippen molar-refractivity contribution in [1.29, 1.82) is 0 Å². The number of carbonyl (C=O) groups excluding carboxylic acids is 2. The fraction of sp³-hybridized carbons (Fsp3) is 0.286. The Kier molecular flexibility index (Phi) is 6.46. The number of methoxy groups -OCH3 is 2. The van der Waals surface area contributed by atoms with Crippen molar-refractivity contribution in [3.05, 3.63) is 53.6 Å². The first-order valence-corrected chi connectivity index (χ1v) is 9.84. The van der Waals surface area contributed by atoms with Crippen LogP contribution in [-0.2, 0) is 4.74 Å². The number of thiazole rings is 1. The van der Waals surface area contributed by atoms with Gasteiger partial charge in [0.1, 0.15) is 5.75 Å². The molecule has 7 nitrogen and oxygen atoms in total. The van der Waals surface area contributed by atoms with E-state index in [1.54, 1.807) is 36.3 Å². The Bertz CT molecular complexity index is 1010. The molecular formula is C21H23N3O4S. The third-order valence-electron chi connectivity index (χ3n) is 4.38. The molecule has 2 aromatic carbocycles. The molecule has 0 unspecified atom stereocenters. The smallest absolute Gasteiger partial charge is 0.337 e. The van der Waals surface area contributed by atoms with Crippen molar-refractivity contribution in [2.45, 2.75) is 0 Å². The predicted molar refractivity (Wildman–Crippen MR) is 114 cm³/mol. The summed E-state index contributed by atoms with van der Waals surface area (Å²) < 4.78 is 10.9. The number of benzene rings is 2. The number of hydrogen-bond acceptors (Lipinski definition) is 7. The zero-order chi connectivity index (χ0) is 21.0. The van der Waals surface area contributed by atoms with Crippen LogP contribution in [0.5, 0.6) is 5.75 Å². The Hall–Kier alpha value is -2.97. The van der Waals surface area contributed by atoms with Crippen molar-refractivity contribution in [3.63, 3.8) is 0 Å². The van der Waals surface area contributed by atoms with Crippen LogP contribution >= 0.6 is 11.3 Å². The van der Waals surface area contributed by atoms with Gasteiger partial charge in [-0.25, -0.2) is 9.78 Å². The van der Waals surface area contributed by atoms with Gasteiger partial charge in [-0.05, 0) is 56.6 Å². The predicted octanol–water partition coefficient (Wildman–Crippen LogP) is 3.30. The summed E-state index contributed by atoms with van der Waals surface area (Å²) in [5.41, 5.74) is 1.69. The number of amides is 1. The number of esters is 1. The first-order valence-electron chi connectivity index (χ1n) is 9.02. The van der Waals surface area contributed by atoms with Crippen LogP contribution in [0.4, 0.5) is 5.13 Å². The van der Waals surface area contributed by atoms with E-state index in [0.717, 1.165) is 16.0 Å². The molecule has 0 aliphatic heterocycles. The number of rotatable bonds is 7. The Labute approximate surface area is 173 Å². The minimum absolute atomic E-state index is 0.172. The monoisotopic (exact) mass is 413 g/mol. The second kappa shape index (κ2) is 9.02. The van der Waals surface area contributed by atoms with Crippen LogP contribution in [0.25, 0.3) is 10.2 Å². The van der Waals surface area contributed by atoms with Crippen molar-refractivity contribution in [2.24, 2.45) is 0 Å². The van der Waals surface area contributed by atoms with Gasteiger partial charge in [-0.3, -0.25) is 9.69 Å². The van der Waals surface area contributed by atoms with E-state index >= 15 is 0 Å². The lowest BCUT2D eigenvalue weighted by molar-refractivity contribution is 0.0600. The van der Waals surface area contributed by atoms with Gasteiger partial charge in [-0.15, -0.1) is 0 Å². The zero-order valence-corrected chi connectivity index (χ0v) is 17.7. The lowest BCUT2D eigenvalue weighted by atomic mass is 10.1. The zero-order valence-electron chi connectivity index (χ0n) is 16.8. The van der Waals surface area contributed by atoms with E-state index in [1.807, 2.05) is 37.2 Å². The normalized spacial score (nSPS) is 10.9. The molecule has 0 N–H and O–H groups in total. The van der Waals surface area contributed by atoms with Crippen LogP contribution in [-0.4, -0.2) is 63.2 Å². The van der Waals surface area contributed by atoms with E-state index in [-0.39, 0.29) is 5.91 Å². The first-order chi connectivity index (χ1) is 13.9. The average molecular weight is 413 g/mol. The molecule has 0 atom stereocenters. The van der Waals surface area contributed by atoms with Gasteiger partial charge >= 0.3 is 5.97 Å². The maximum absolute atomic E-state index is 13.2. The molecule has 0 aliphatic rings. The van der Waals surface area contributed by atoms with E-state index in [4.69, 9.17) is 9.47 Å². The highest BCUT2D eigenvalue weighted by Crippen LogP contribution is 2.32. The molecule has 0 saturated heterocycles. The summed E-state index contributed by atoms with van der Waals surface area (Å²) in [6.07, 6.45) is 0. The molecule has 3 aromatic rings. The molecule has 0 bridgehead atoms. The second-order valence-electron chi connectivity index (χ2n) is 6.66. The van der Waals surface area contributed by atoms with Gasteiger partial charge < -0.3 is 14.4 Å². The number of aromatic nitrogens is 1. The first kappa shape index (κ1) is 20.8. The highest BCUT2D eigenvalue weighted by atomic mass is 32.1. The standard InChI is InChI=1S/C21H23N3O4S/c1-23(2)11-12-24(19(25)14-5-7-15(8-6-14)20(26)28-4)21-22-17-10-9-16(27-3)13-18(17)29-21/h5-10,13H,11-12H2,1-4H3. The number of carbonyl (C=O) groups is 2. The molecule has 1 heterocycles. The van der Waals surface area contributed by atoms with Crippen molar-refractivity contribution in [1.82, 2.24) is 9.88 Å². The van der Waals surface area contributed by atoms with Crippen LogP contribution in [0, 0.1) is 0 Å². The summed E-state index contributed by atoms with van der Waals surface area (Å²) in [5.74, 6) is 0.139. The van der Waals surface area contributed by atoms with Crippen LogP contribution in [0.3, 0.4) is 0 Å². The Morgan fingerprint density at radius 1 is 1.00 bits per heavy atom. The Morgan fingerprint density at radius 3 is 2.31 bits per heavy atom. The minimum atomic E-state index is -0.436. The van der Waals surface area contributed by atoms with Gasteiger partial charge in [0.05, 0.1) is 30.0 Å². The lowest BCUT2D eigenvalue weighted by Gasteiger charge is -2.22. The maximum Gasteiger partial charge on any atom is 0.337 e. The summed E-state index contributed by atoms with van der Waals surface area (Å²) in [5, 5.41) is 0.622. The molecule has 29 heavy (non-hydrogen) atoms. The number of nitrogens with zero attached hydrogens (tertiary/aromatic N) is 3. The van der Waals surface area contributed by atoms with Gasteiger partial charge in [0.15, 0.2) is 5.13 Å². The van der Waals surface area contributed by atoms with Gasteiger partial charge in [0.25, 0.3) is 5.91 Å². The highest BCUT2D eigenvalue weighted by Gasteiger charge is 2.22. The number of fused-ring (bicyclic) bond motifs is 1. The summed E-state index contributed by atoms with van der Waals surface area (Å²) in [4.78, 5) is 33.2. The molecule has 0 radical (unpaired) electrons. The van der Waals surface area contributed by atoms with Gasteiger partial charge in [-0.1, -0.05) is 11.3 Å². The molecule has 8 heteroatoms. The average Bonchev–Trinajstić information content (AvgIpc) is 3.15. The topological polar surface area (TPSA) is 72.0 Å². The maximum atomic E-state index is 13.2. The fourth-order valence-electron chi connectivity index (χ4n) is 2.74. The summed E-state index contributed by atoms with van der Waals surface area (Å²) in [7, 11) is 6.86. The lowest BCUT2D eigenvalue weighted by Crippen LogP contribution is -2.36. The Morgan fingerprint density at radius 2 is 1.69 bits per heavy atom. The molecular weight excluding hydrogens is 390 g/mol. The highest BCUT2D eigenvalue weighted by molar-refractivity contribution is 7.22. The number of likely N-dealkylation sites (N-methyl/N-ethyl adjacent to an activating group) is 1. The molecule has 152 valence electrons. The number of hydrogen-bond donors (Lipinski definition) is 0. The van der Waals surface area contributed by atoms with Crippen molar-refractivity contribution < 1.29 is 19.1 Å². The van der Waals surface area contributed by atoms with Gasteiger partial charge in [0.2, 0.25) is 0 Å². The molecule has 3 rings (SSSR count). The Balaban J connectivity index is 1.94. The van der Waals surface area contributed by atoms with E-state index in [2.05, 4.69) is 4.98 Å². The van der Waals surface area contributed by atoms with E-state index < -0.39 is 5.97 Å². The van der Waals surface area contributed by atoms with Crippen LogP contribution in [0.15, 0.2) is 42.5 Å². The molecule has 0 fully saturated rings. The second-order valence-corrected chi connectivity index (χ2v) is 7.67.